The van der Waals surface area contributed by atoms with Crippen LogP contribution in [-0.2, 0) is 14.6 Å². The summed E-state index contributed by atoms with van der Waals surface area (Å²) in [5, 5.41) is 10.9. The van der Waals surface area contributed by atoms with E-state index in [0.29, 0.717) is 5.69 Å². The van der Waals surface area contributed by atoms with Crippen molar-refractivity contribution in [1.29, 1.82) is 5.26 Å². The van der Waals surface area contributed by atoms with Gasteiger partial charge < -0.3 is 5.32 Å². The van der Waals surface area contributed by atoms with Crippen molar-refractivity contribution in [3.8, 4) is 6.07 Å². The Kier molecular flexibility index (Phi) is 4.45. The molecule has 5 nitrogen and oxygen atoms in total. The van der Waals surface area contributed by atoms with Gasteiger partial charge in [0.1, 0.15) is 11.5 Å². The van der Waals surface area contributed by atoms with E-state index < -0.39 is 27.3 Å². The maximum absolute atomic E-state index is 11.6. The number of rotatable bonds is 4. The van der Waals surface area contributed by atoms with Gasteiger partial charge in [0.15, 0.2) is 9.84 Å². The number of para-hydroxylation sites is 1. The number of carbonyl (C=O) groups is 1. The van der Waals surface area contributed by atoms with Crippen LogP contribution in [-0.4, -0.2) is 25.8 Å². The molecule has 1 amide bonds. The normalized spacial score (nSPS) is 10.7. The standard InChI is InChI=1S/C12H14N2O3S/c1-9-4-3-5-10(2)12(9)14-11(15)8-18(16,17)7-6-13/h3-5H,7-8H2,1-2H3,(H,14,15). The minimum Gasteiger partial charge on any atom is -0.325 e. The second-order valence-corrected chi connectivity index (χ2v) is 6.07. The molecule has 0 heterocycles. The maximum atomic E-state index is 11.6. The van der Waals surface area contributed by atoms with Gasteiger partial charge >= 0.3 is 0 Å². The van der Waals surface area contributed by atoms with E-state index in [1.807, 2.05) is 32.0 Å². The van der Waals surface area contributed by atoms with E-state index in [2.05, 4.69) is 5.32 Å². The van der Waals surface area contributed by atoms with E-state index in [4.69, 9.17) is 5.26 Å². The Morgan fingerprint density at radius 3 is 2.39 bits per heavy atom. The smallest absolute Gasteiger partial charge is 0.239 e. The SMILES string of the molecule is Cc1cccc(C)c1NC(=O)CS(=O)(=O)CC#N. The van der Waals surface area contributed by atoms with E-state index in [0.717, 1.165) is 11.1 Å². The molecule has 0 bridgehead atoms. The van der Waals surface area contributed by atoms with E-state index >= 15 is 0 Å². The number of nitriles is 1. The molecule has 6 heteroatoms. The fourth-order valence-corrected chi connectivity index (χ4v) is 2.31. The number of amides is 1. The third-order valence-electron chi connectivity index (χ3n) is 2.38. The molecule has 96 valence electrons. The Morgan fingerprint density at radius 1 is 1.33 bits per heavy atom. The van der Waals surface area contributed by atoms with Gasteiger partial charge in [-0.25, -0.2) is 8.42 Å². The Morgan fingerprint density at radius 2 is 1.89 bits per heavy atom. The van der Waals surface area contributed by atoms with Gasteiger partial charge in [-0.1, -0.05) is 18.2 Å². The first-order valence-corrected chi connectivity index (χ1v) is 7.11. The van der Waals surface area contributed by atoms with Crippen LogP contribution in [0.15, 0.2) is 18.2 Å². The molecule has 0 saturated carbocycles. The molecule has 0 saturated heterocycles. The Bertz CT molecular complexity index is 580. The fourth-order valence-electron chi connectivity index (χ4n) is 1.54. The highest BCUT2D eigenvalue weighted by Gasteiger charge is 2.17. The van der Waals surface area contributed by atoms with Crippen LogP contribution in [0.5, 0.6) is 0 Å². The molecule has 0 atom stereocenters. The second-order valence-electron chi connectivity index (χ2n) is 4.01. The highest BCUT2D eigenvalue weighted by Crippen LogP contribution is 2.19. The molecule has 1 rings (SSSR count). The van der Waals surface area contributed by atoms with E-state index in [1.165, 1.54) is 6.07 Å². The van der Waals surface area contributed by atoms with E-state index in [-0.39, 0.29) is 0 Å². The third-order valence-corrected chi connectivity index (χ3v) is 3.65. The first-order valence-electron chi connectivity index (χ1n) is 5.29. The number of benzene rings is 1. The molecule has 0 aliphatic rings. The van der Waals surface area contributed by atoms with Crippen molar-refractivity contribution in [3.63, 3.8) is 0 Å². The molecule has 0 aromatic heterocycles. The van der Waals surface area contributed by atoms with Gasteiger partial charge in [0.25, 0.3) is 0 Å². The lowest BCUT2D eigenvalue weighted by molar-refractivity contribution is -0.113. The number of nitrogens with one attached hydrogen (secondary N) is 1. The summed E-state index contributed by atoms with van der Waals surface area (Å²) in [5.41, 5.74) is 2.34. The lowest BCUT2D eigenvalue weighted by Gasteiger charge is -2.10. The molecule has 1 aromatic rings. The van der Waals surface area contributed by atoms with Crippen molar-refractivity contribution in [1.82, 2.24) is 0 Å². The van der Waals surface area contributed by atoms with Gasteiger partial charge in [-0.05, 0) is 25.0 Å². The summed E-state index contributed by atoms with van der Waals surface area (Å²) in [5.74, 6) is -1.94. The Balaban J connectivity index is 2.81. The van der Waals surface area contributed by atoms with Crippen LogP contribution < -0.4 is 5.32 Å². The van der Waals surface area contributed by atoms with E-state index in [9.17, 15) is 13.2 Å². The summed E-state index contributed by atoms with van der Waals surface area (Å²) in [6.07, 6.45) is 0. The summed E-state index contributed by atoms with van der Waals surface area (Å²) in [6.45, 7) is 3.65. The molecule has 0 unspecified atom stereocenters. The molecule has 18 heavy (non-hydrogen) atoms. The van der Waals surface area contributed by atoms with Gasteiger partial charge in [0, 0.05) is 5.69 Å². The molecular weight excluding hydrogens is 252 g/mol. The van der Waals surface area contributed by atoms with Crippen LogP contribution in [0.2, 0.25) is 0 Å². The summed E-state index contributed by atoms with van der Waals surface area (Å²) in [6, 6.07) is 7.04. The van der Waals surface area contributed by atoms with Crippen molar-refractivity contribution in [2.45, 2.75) is 13.8 Å². The number of hydrogen-bond acceptors (Lipinski definition) is 4. The zero-order valence-corrected chi connectivity index (χ0v) is 11.0. The van der Waals surface area contributed by atoms with Gasteiger partial charge in [0.05, 0.1) is 6.07 Å². The topological polar surface area (TPSA) is 87.0 Å². The maximum Gasteiger partial charge on any atom is 0.239 e. The van der Waals surface area contributed by atoms with Crippen molar-refractivity contribution < 1.29 is 13.2 Å². The number of aryl methyl sites for hydroxylation is 2. The second kappa shape index (κ2) is 5.65. The Labute approximate surface area is 106 Å². The summed E-state index contributed by atoms with van der Waals surface area (Å²) >= 11 is 0. The number of carbonyl (C=O) groups excluding carboxylic acids is 1. The van der Waals surface area contributed by atoms with E-state index in [1.54, 1.807) is 0 Å². The molecule has 0 aliphatic heterocycles. The first kappa shape index (κ1) is 14.2. The zero-order valence-electron chi connectivity index (χ0n) is 10.2. The number of anilines is 1. The number of sulfone groups is 1. The predicted molar refractivity (Wildman–Crippen MR) is 68.8 cm³/mol. The van der Waals surface area contributed by atoms with Crippen LogP contribution in [0.3, 0.4) is 0 Å². The molecule has 0 radical (unpaired) electrons. The zero-order chi connectivity index (χ0) is 13.8. The molecule has 0 aliphatic carbocycles. The van der Waals surface area contributed by atoms with Crippen molar-refractivity contribution in [2.24, 2.45) is 0 Å². The van der Waals surface area contributed by atoms with Gasteiger partial charge in [-0.15, -0.1) is 0 Å². The lowest BCUT2D eigenvalue weighted by Crippen LogP contribution is -2.25. The van der Waals surface area contributed by atoms with Crippen LogP contribution in [0.4, 0.5) is 5.69 Å². The molecule has 1 N–H and O–H groups in total. The van der Waals surface area contributed by atoms with Crippen LogP contribution in [0, 0.1) is 25.2 Å². The minimum absolute atomic E-state index is 0.620. The highest BCUT2D eigenvalue weighted by atomic mass is 32.2. The van der Waals surface area contributed by atoms with Crippen LogP contribution in [0.1, 0.15) is 11.1 Å². The average molecular weight is 266 g/mol. The fraction of sp³-hybridized carbons (Fsp3) is 0.333. The van der Waals surface area contributed by atoms with Crippen molar-refractivity contribution >= 4 is 21.4 Å². The third kappa shape index (κ3) is 3.86. The lowest BCUT2D eigenvalue weighted by atomic mass is 10.1. The summed E-state index contributed by atoms with van der Waals surface area (Å²) in [4.78, 5) is 11.6. The van der Waals surface area contributed by atoms with Crippen molar-refractivity contribution in [2.75, 3.05) is 16.8 Å². The van der Waals surface area contributed by atoms with Gasteiger partial charge in [-0.3, -0.25) is 4.79 Å². The molecule has 0 fully saturated rings. The largest absolute Gasteiger partial charge is 0.325 e. The van der Waals surface area contributed by atoms with Crippen LogP contribution in [0.25, 0.3) is 0 Å². The monoisotopic (exact) mass is 266 g/mol. The number of nitrogens with zero attached hydrogens (tertiary/aromatic N) is 1. The predicted octanol–water partition coefficient (Wildman–Crippen LogP) is 1.18. The molecule has 1 aromatic carbocycles. The first-order chi connectivity index (χ1) is 8.35. The van der Waals surface area contributed by atoms with Gasteiger partial charge in [0.2, 0.25) is 5.91 Å². The van der Waals surface area contributed by atoms with Crippen LogP contribution >= 0.6 is 0 Å². The quantitative estimate of drug-likeness (QED) is 0.886. The highest BCUT2D eigenvalue weighted by molar-refractivity contribution is 7.92. The minimum atomic E-state index is -3.65. The number of hydrogen-bond donors (Lipinski definition) is 1. The Hall–Kier alpha value is -1.87. The van der Waals surface area contributed by atoms with Gasteiger partial charge in [-0.2, -0.15) is 5.26 Å². The van der Waals surface area contributed by atoms with Crippen molar-refractivity contribution in [3.05, 3.63) is 29.3 Å². The molecular formula is C12H14N2O3S. The molecule has 0 spiro atoms. The summed E-state index contributed by atoms with van der Waals surface area (Å²) in [7, 11) is -3.65. The summed E-state index contributed by atoms with van der Waals surface area (Å²) < 4.78 is 22.6. The average Bonchev–Trinajstić information content (AvgIpc) is 2.22.